The molecule has 1 N–H and O–H groups in total. The summed E-state index contributed by atoms with van der Waals surface area (Å²) in [4.78, 5) is 6.56. The van der Waals surface area contributed by atoms with Crippen LogP contribution >= 0.6 is 0 Å². The van der Waals surface area contributed by atoms with Crippen LogP contribution in [0.4, 0.5) is 0 Å². The first kappa shape index (κ1) is 13.1. The van der Waals surface area contributed by atoms with Gasteiger partial charge in [0.25, 0.3) is 0 Å². The second-order valence-electron chi connectivity index (χ2n) is 4.13. The fraction of sp³-hybridized carbons (Fsp3) is 0.818. The monoisotopic (exact) mass is 226 g/mol. The number of aryl methyl sites for hydroxylation is 1. The molecule has 0 aliphatic rings. The van der Waals surface area contributed by atoms with Gasteiger partial charge in [-0.2, -0.15) is 5.10 Å². The molecule has 1 rings (SSSR count). The van der Waals surface area contributed by atoms with Crippen LogP contribution in [0.1, 0.15) is 33.0 Å². The fourth-order valence-corrected chi connectivity index (χ4v) is 1.65. The van der Waals surface area contributed by atoms with Crippen molar-refractivity contribution in [3.05, 3.63) is 12.2 Å². The maximum Gasteiger partial charge on any atom is 0.141 e. The second-order valence-corrected chi connectivity index (χ2v) is 4.13. The van der Waals surface area contributed by atoms with Gasteiger partial charge in [-0.05, 0) is 27.2 Å². The van der Waals surface area contributed by atoms with E-state index in [2.05, 4.69) is 35.8 Å². The summed E-state index contributed by atoms with van der Waals surface area (Å²) >= 11 is 0. The lowest BCUT2D eigenvalue weighted by atomic mass is 10.3. The average Bonchev–Trinajstić information content (AvgIpc) is 2.70. The van der Waals surface area contributed by atoms with E-state index in [1.165, 1.54) is 0 Å². The van der Waals surface area contributed by atoms with Crippen LogP contribution in [0.5, 0.6) is 0 Å². The maximum atomic E-state index is 8.86. The quantitative estimate of drug-likeness (QED) is 0.750. The van der Waals surface area contributed by atoms with Crippen molar-refractivity contribution in [3.8, 4) is 0 Å². The lowest BCUT2D eigenvalue weighted by Gasteiger charge is -2.25. The van der Waals surface area contributed by atoms with Crippen molar-refractivity contribution in [1.82, 2.24) is 19.7 Å². The van der Waals surface area contributed by atoms with Crippen molar-refractivity contribution in [2.45, 2.75) is 46.3 Å². The molecule has 92 valence electrons. The number of rotatable bonds is 7. The van der Waals surface area contributed by atoms with Gasteiger partial charge in [0, 0.05) is 25.7 Å². The molecule has 0 aliphatic heterocycles. The van der Waals surface area contributed by atoms with Gasteiger partial charge >= 0.3 is 0 Å². The number of aromatic nitrogens is 3. The molecule has 0 unspecified atom stereocenters. The third-order valence-corrected chi connectivity index (χ3v) is 2.67. The Labute approximate surface area is 97.1 Å². The Morgan fingerprint density at radius 3 is 2.81 bits per heavy atom. The summed E-state index contributed by atoms with van der Waals surface area (Å²) in [7, 11) is 0. The van der Waals surface area contributed by atoms with Crippen LogP contribution in [0, 0.1) is 0 Å². The summed E-state index contributed by atoms with van der Waals surface area (Å²) in [5.74, 6) is 0.995. The SMILES string of the molecule is CCn1ncnc1CN(CCCO)C(C)C. The van der Waals surface area contributed by atoms with Gasteiger partial charge in [0.15, 0.2) is 0 Å². The van der Waals surface area contributed by atoms with Crippen LogP contribution in [0.15, 0.2) is 6.33 Å². The van der Waals surface area contributed by atoms with Crippen LogP contribution in [0.3, 0.4) is 0 Å². The van der Waals surface area contributed by atoms with Crippen LogP contribution < -0.4 is 0 Å². The molecule has 0 saturated heterocycles. The fourth-order valence-electron chi connectivity index (χ4n) is 1.65. The van der Waals surface area contributed by atoms with E-state index in [1.807, 2.05) is 4.68 Å². The summed E-state index contributed by atoms with van der Waals surface area (Å²) in [5.41, 5.74) is 0. The molecule has 16 heavy (non-hydrogen) atoms. The average molecular weight is 226 g/mol. The summed E-state index contributed by atoms with van der Waals surface area (Å²) < 4.78 is 1.91. The molecule has 5 nitrogen and oxygen atoms in total. The zero-order chi connectivity index (χ0) is 12.0. The summed E-state index contributed by atoms with van der Waals surface area (Å²) in [6.07, 6.45) is 2.40. The van der Waals surface area contributed by atoms with Gasteiger partial charge in [-0.3, -0.25) is 4.90 Å². The minimum absolute atomic E-state index is 0.240. The van der Waals surface area contributed by atoms with Crippen molar-refractivity contribution in [3.63, 3.8) is 0 Å². The van der Waals surface area contributed by atoms with Crippen molar-refractivity contribution in [2.24, 2.45) is 0 Å². The van der Waals surface area contributed by atoms with E-state index < -0.39 is 0 Å². The van der Waals surface area contributed by atoms with E-state index in [0.717, 1.165) is 31.9 Å². The molecule has 0 atom stereocenters. The molecule has 0 spiro atoms. The van der Waals surface area contributed by atoms with Crippen LogP contribution in [-0.4, -0.2) is 44.0 Å². The highest BCUT2D eigenvalue weighted by atomic mass is 16.3. The molecular weight excluding hydrogens is 204 g/mol. The van der Waals surface area contributed by atoms with Crippen LogP contribution in [0.25, 0.3) is 0 Å². The summed E-state index contributed by atoms with van der Waals surface area (Å²) in [6, 6.07) is 0.452. The lowest BCUT2D eigenvalue weighted by Crippen LogP contribution is -2.33. The Kier molecular flexibility index (Phi) is 5.42. The topological polar surface area (TPSA) is 54.2 Å². The van der Waals surface area contributed by atoms with Gasteiger partial charge in [-0.1, -0.05) is 0 Å². The third-order valence-electron chi connectivity index (χ3n) is 2.67. The van der Waals surface area contributed by atoms with E-state index in [9.17, 15) is 0 Å². The Morgan fingerprint density at radius 2 is 2.25 bits per heavy atom. The molecule has 0 radical (unpaired) electrons. The Hall–Kier alpha value is -0.940. The van der Waals surface area contributed by atoms with E-state index in [4.69, 9.17) is 5.11 Å². The van der Waals surface area contributed by atoms with Gasteiger partial charge in [-0.25, -0.2) is 9.67 Å². The third kappa shape index (κ3) is 3.57. The molecule has 1 aromatic rings. The number of hydrogen-bond acceptors (Lipinski definition) is 4. The molecule has 5 heteroatoms. The largest absolute Gasteiger partial charge is 0.396 e. The molecule has 0 saturated carbocycles. The Morgan fingerprint density at radius 1 is 1.50 bits per heavy atom. The van der Waals surface area contributed by atoms with Gasteiger partial charge in [0.2, 0.25) is 0 Å². The normalized spacial score (nSPS) is 11.6. The molecule has 0 aromatic carbocycles. The summed E-state index contributed by atoms with van der Waals surface area (Å²) in [6.45, 7) is 9.15. The minimum Gasteiger partial charge on any atom is -0.396 e. The lowest BCUT2D eigenvalue weighted by molar-refractivity contribution is 0.178. The Bertz CT molecular complexity index is 298. The maximum absolute atomic E-state index is 8.86. The highest BCUT2D eigenvalue weighted by Crippen LogP contribution is 2.06. The molecule has 0 bridgehead atoms. The van der Waals surface area contributed by atoms with Gasteiger partial charge in [0.1, 0.15) is 12.2 Å². The Balaban J connectivity index is 2.60. The minimum atomic E-state index is 0.240. The summed E-state index contributed by atoms with van der Waals surface area (Å²) in [5, 5.41) is 13.0. The zero-order valence-electron chi connectivity index (χ0n) is 10.4. The van der Waals surface area contributed by atoms with Crippen molar-refractivity contribution < 1.29 is 5.11 Å². The first-order chi connectivity index (χ1) is 7.69. The number of nitrogens with zero attached hydrogens (tertiary/aromatic N) is 4. The van der Waals surface area contributed by atoms with E-state index in [-0.39, 0.29) is 6.61 Å². The predicted octanol–water partition coefficient (Wildman–Crippen LogP) is 0.891. The van der Waals surface area contributed by atoms with E-state index in [1.54, 1.807) is 6.33 Å². The molecular formula is C11H22N4O. The molecule has 0 aliphatic carbocycles. The van der Waals surface area contributed by atoms with Crippen molar-refractivity contribution in [1.29, 1.82) is 0 Å². The molecule has 1 aromatic heterocycles. The second kappa shape index (κ2) is 6.60. The smallest absolute Gasteiger partial charge is 0.141 e. The number of hydrogen-bond donors (Lipinski definition) is 1. The highest BCUT2D eigenvalue weighted by Gasteiger charge is 2.12. The zero-order valence-corrected chi connectivity index (χ0v) is 10.4. The van der Waals surface area contributed by atoms with E-state index >= 15 is 0 Å². The molecule has 0 fully saturated rings. The van der Waals surface area contributed by atoms with Gasteiger partial charge < -0.3 is 5.11 Å². The first-order valence-corrected chi connectivity index (χ1v) is 5.90. The highest BCUT2D eigenvalue weighted by molar-refractivity contribution is 4.85. The van der Waals surface area contributed by atoms with E-state index in [0.29, 0.717) is 6.04 Å². The van der Waals surface area contributed by atoms with Crippen LogP contribution in [-0.2, 0) is 13.1 Å². The molecule has 0 amide bonds. The van der Waals surface area contributed by atoms with Gasteiger partial charge in [-0.15, -0.1) is 0 Å². The standard InChI is InChI=1S/C11H22N4O/c1-4-15-11(12-9-13-15)8-14(10(2)3)6-5-7-16/h9-10,16H,4-8H2,1-3H3. The molecule has 1 heterocycles. The van der Waals surface area contributed by atoms with Crippen LogP contribution in [0.2, 0.25) is 0 Å². The number of aliphatic hydroxyl groups is 1. The number of aliphatic hydroxyl groups excluding tert-OH is 1. The van der Waals surface area contributed by atoms with Gasteiger partial charge in [0.05, 0.1) is 6.54 Å². The van der Waals surface area contributed by atoms with Crippen molar-refractivity contribution >= 4 is 0 Å². The first-order valence-electron chi connectivity index (χ1n) is 5.90. The van der Waals surface area contributed by atoms with Crippen molar-refractivity contribution in [2.75, 3.05) is 13.2 Å². The predicted molar refractivity (Wildman–Crippen MR) is 62.9 cm³/mol.